The topological polar surface area (TPSA) is 21.3 Å². The lowest BCUT2D eigenvalue weighted by Crippen LogP contribution is -2.23. The van der Waals surface area contributed by atoms with E-state index in [1.807, 2.05) is 6.07 Å². The normalized spacial score (nSPS) is 19.2. The second kappa shape index (κ2) is 4.73. The Labute approximate surface area is 89.4 Å². The van der Waals surface area contributed by atoms with Crippen molar-refractivity contribution in [2.75, 3.05) is 20.3 Å². The highest BCUT2D eigenvalue weighted by molar-refractivity contribution is 5.34. The first-order valence-corrected chi connectivity index (χ1v) is 5.32. The summed E-state index contributed by atoms with van der Waals surface area (Å²) in [5.41, 5.74) is 2.39. The predicted octanol–water partition coefficient (Wildman–Crippen LogP) is 2.05. The van der Waals surface area contributed by atoms with Crippen LogP contribution in [-0.2, 0) is 11.2 Å². The number of hydrogen-bond donors (Lipinski definition) is 1. The lowest BCUT2D eigenvalue weighted by Gasteiger charge is -2.13. The van der Waals surface area contributed by atoms with Crippen LogP contribution in [0.4, 0.5) is 4.39 Å². The fourth-order valence-electron chi connectivity index (χ4n) is 2.12. The molecule has 0 saturated carbocycles. The van der Waals surface area contributed by atoms with Gasteiger partial charge >= 0.3 is 0 Å². The van der Waals surface area contributed by atoms with Crippen LogP contribution in [0.2, 0.25) is 0 Å². The molecular weight excluding hydrogens is 193 g/mol. The monoisotopic (exact) mass is 209 g/mol. The first-order valence-electron chi connectivity index (χ1n) is 5.32. The highest BCUT2D eigenvalue weighted by atomic mass is 19.1. The van der Waals surface area contributed by atoms with Crippen LogP contribution < -0.4 is 5.32 Å². The molecule has 1 unspecified atom stereocenters. The van der Waals surface area contributed by atoms with Crippen molar-refractivity contribution in [2.45, 2.75) is 18.9 Å². The first-order chi connectivity index (χ1) is 7.31. The maximum atomic E-state index is 13.1. The summed E-state index contributed by atoms with van der Waals surface area (Å²) in [7, 11) is 1.68. The van der Waals surface area contributed by atoms with Crippen LogP contribution >= 0.6 is 0 Å². The summed E-state index contributed by atoms with van der Waals surface area (Å²) >= 11 is 0. The molecule has 1 aromatic carbocycles. The van der Waals surface area contributed by atoms with Crippen LogP contribution in [0.5, 0.6) is 0 Å². The molecule has 3 heteroatoms. The van der Waals surface area contributed by atoms with Gasteiger partial charge in [0.25, 0.3) is 0 Å². The Kier molecular flexibility index (Phi) is 3.34. The number of aryl methyl sites for hydroxylation is 1. The second-order valence-corrected chi connectivity index (χ2v) is 3.88. The average Bonchev–Trinajstić information content (AvgIpc) is 2.62. The van der Waals surface area contributed by atoms with Crippen LogP contribution in [0.15, 0.2) is 18.2 Å². The number of ether oxygens (including phenoxy) is 1. The quantitative estimate of drug-likeness (QED) is 0.766. The number of hydrogen-bond acceptors (Lipinski definition) is 2. The fraction of sp³-hybridized carbons (Fsp3) is 0.500. The van der Waals surface area contributed by atoms with Gasteiger partial charge in [0.2, 0.25) is 0 Å². The Morgan fingerprint density at radius 1 is 1.53 bits per heavy atom. The highest BCUT2D eigenvalue weighted by Gasteiger charge is 2.21. The van der Waals surface area contributed by atoms with E-state index in [4.69, 9.17) is 4.74 Å². The summed E-state index contributed by atoms with van der Waals surface area (Å²) in [6.07, 6.45) is 2.10. The molecule has 0 bridgehead atoms. The Hall–Kier alpha value is -0.930. The summed E-state index contributed by atoms with van der Waals surface area (Å²) in [4.78, 5) is 0. The third kappa shape index (κ3) is 2.36. The molecule has 0 radical (unpaired) electrons. The number of nitrogens with one attached hydrogen (secondary N) is 1. The molecule has 0 aliphatic heterocycles. The molecule has 0 amide bonds. The van der Waals surface area contributed by atoms with Gasteiger partial charge in [-0.15, -0.1) is 0 Å². The lowest BCUT2D eigenvalue weighted by molar-refractivity contribution is 0.195. The van der Waals surface area contributed by atoms with Crippen LogP contribution in [0.25, 0.3) is 0 Å². The van der Waals surface area contributed by atoms with Gasteiger partial charge in [0.1, 0.15) is 5.82 Å². The van der Waals surface area contributed by atoms with E-state index >= 15 is 0 Å². The van der Waals surface area contributed by atoms with Crippen LogP contribution in [0.3, 0.4) is 0 Å². The summed E-state index contributed by atoms with van der Waals surface area (Å²) in [5.74, 6) is -0.144. The van der Waals surface area contributed by atoms with Crippen molar-refractivity contribution in [1.29, 1.82) is 0 Å². The zero-order valence-corrected chi connectivity index (χ0v) is 8.92. The zero-order valence-electron chi connectivity index (χ0n) is 8.92. The minimum Gasteiger partial charge on any atom is -0.383 e. The van der Waals surface area contributed by atoms with Crippen LogP contribution in [-0.4, -0.2) is 20.3 Å². The van der Waals surface area contributed by atoms with E-state index in [1.54, 1.807) is 13.2 Å². The molecule has 1 aliphatic rings. The number of benzene rings is 1. The molecule has 0 heterocycles. The molecule has 1 atom stereocenters. The van der Waals surface area contributed by atoms with Gasteiger partial charge in [-0.1, -0.05) is 6.07 Å². The Balaban J connectivity index is 2.03. The molecule has 0 spiro atoms. The molecule has 82 valence electrons. The molecule has 0 fully saturated rings. The summed E-state index contributed by atoms with van der Waals surface area (Å²) in [5, 5.41) is 3.37. The number of methoxy groups -OCH3 is 1. The van der Waals surface area contributed by atoms with E-state index in [1.165, 1.54) is 11.6 Å². The standard InChI is InChI=1S/C12H16FNO/c1-15-7-6-14-12-5-3-9-2-4-10(13)8-11(9)12/h2,4,8,12,14H,3,5-7H2,1H3. The Morgan fingerprint density at radius 2 is 2.40 bits per heavy atom. The molecule has 2 rings (SSSR count). The zero-order chi connectivity index (χ0) is 10.7. The van der Waals surface area contributed by atoms with Crippen molar-refractivity contribution in [3.8, 4) is 0 Å². The van der Waals surface area contributed by atoms with E-state index in [2.05, 4.69) is 5.32 Å². The van der Waals surface area contributed by atoms with Crippen molar-refractivity contribution < 1.29 is 9.13 Å². The van der Waals surface area contributed by atoms with Crippen molar-refractivity contribution >= 4 is 0 Å². The minimum absolute atomic E-state index is 0.144. The number of fused-ring (bicyclic) bond motifs is 1. The third-order valence-electron chi connectivity index (χ3n) is 2.88. The number of halogens is 1. The van der Waals surface area contributed by atoms with Gasteiger partial charge in [0.05, 0.1) is 6.61 Å². The summed E-state index contributed by atoms with van der Waals surface area (Å²) in [6.45, 7) is 1.51. The van der Waals surface area contributed by atoms with Crippen LogP contribution in [0.1, 0.15) is 23.6 Å². The van der Waals surface area contributed by atoms with Crippen molar-refractivity contribution in [1.82, 2.24) is 5.32 Å². The van der Waals surface area contributed by atoms with Gasteiger partial charge < -0.3 is 10.1 Å². The van der Waals surface area contributed by atoms with Crippen molar-refractivity contribution in [3.05, 3.63) is 35.1 Å². The smallest absolute Gasteiger partial charge is 0.123 e. The Bertz CT molecular complexity index is 340. The van der Waals surface area contributed by atoms with Gasteiger partial charge in [-0.25, -0.2) is 4.39 Å². The maximum Gasteiger partial charge on any atom is 0.123 e. The predicted molar refractivity (Wildman–Crippen MR) is 57.3 cm³/mol. The molecule has 15 heavy (non-hydrogen) atoms. The van der Waals surface area contributed by atoms with Crippen molar-refractivity contribution in [3.63, 3.8) is 0 Å². The molecule has 0 aromatic heterocycles. The summed E-state index contributed by atoms with van der Waals surface area (Å²) < 4.78 is 18.0. The van der Waals surface area contributed by atoms with Gasteiger partial charge in [-0.3, -0.25) is 0 Å². The van der Waals surface area contributed by atoms with Gasteiger partial charge in [-0.05, 0) is 36.1 Å². The first kappa shape index (κ1) is 10.6. The average molecular weight is 209 g/mol. The lowest BCUT2D eigenvalue weighted by atomic mass is 10.1. The molecule has 1 N–H and O–H groups in total. The van der Waals surface area contributed by atoms with E-state index in [0.29, 0.717) is 12.6 Å². The molecule has 1 aromatic rings. The van der Waals surface area contributed by atoms with Gasteiger partial charge in [0, 0.05) is 19.7 Å². The third-order valence-corrected chi connectivity index (χ3v) is 2.88. The maximum absolute atomic E-state index is 13.1. The Morgan fingerprint density at radius 3 is 3.20 bits per heavy atom. The van der Waals surface area contributed by atoms with E-state index < -0.39 is 0 Å². The van der Waals surface area contributed by atoms with E-state index in [9.17, 15) is 4.39 Å². The molecule has 2 nitrogen and oxygen atoms in total. The fourth-order valence-corrected chi connectivity index (χ4v) is 2.12. The highest BCUT2D eigenvalue weighted by Crippen LogP contribution is 2.31. The minimum atomic E-state index is -0.144. The van der Waals surface area contributed by atoms with Gasteiger partial charge in [-0.2, -0.15) is 0 Å². The van der Waals surface area contributed by atoms with E-state index in [-0.39, 0.29) is 5.82 Å². The second-order valence-electron chi connectivity index (χ2n) is 3.88. The van der Waals surface area contributed by atoms with Gasteiger partial charge in [0.15, 0.2) is 0 Å². The van der Waals surface area contributed by atoms with Crippen LogP contribution in [0, 0.1) is 5.82 Å². The van der Waals surface area contributed by atoms with E-state index in [0.717, 1.165) is 24.9 Å². The number of rotatable bonds is 4. The van der Waals surface area contributed by atoms with Crippen molar-refractivity contribution in [2.24, 2.45) is 0 Å². The SMILES string of the molecule is COCCNC1CCc2ccc(F)cc21. The summed E-state index contributed by atoms with van der Waals surface area (Å²) in [6, 6.07) is 5.37. The largest absolute Gasteiger partial charge is 0.383 e. The molecular formula is C12H16FNO. The molecule has 1 aliphatic carbocycles. The molecule has 0 saturated heterocycles.